The van der Waals surface area contributed by atoms with Gasteiger partial charge in [-0.1, -0.05) is 0 Å². The van der Waals surface area contributed by atoms with Gasteiger partial charge in [-0.3, -0.25) is 4.79 Å². The first-order chi connectivity index (χ1) is 9.65. The minimum atomic E-state index is 0.271. The maximum absolute atomic E-state index is 12.1. The molecule has 1 saturated carbocycles. The van der Waals surface area contributed by atoms with Crippen LogP contribution in [0.4, 0.5) is 0 Å². The number of nitrogens with zero attached hydrogens (tertiary/aromatic N) is 1. The van der Waals surface area contributed by atoms with Gasteiger partial charge in [-0.2, -0.15) is 0 Å². The highest BCUT2D eigenvalue weighted by Crippen LogP contribution is 2.22. The molecule has 0 radical (unpaired) electrons. The van der Waals surface area contributed by atoms with E-state index in [1.807, 2.05) is 0 Å². The van der Waals surface area contributed by atoms with Crippen molar-refractivity contribution in [2.75, 3.05) is 27.2 Å². The molecule has 1 heterocycles. The second-order valence-corrected chi connectivity index (χ2v) is 6.78. The summed E-state index contributed by atoms with van der Waals surface area (Å²) in [6.07, 6.45) is 9.04. The molecule has 0 aromatic rings. The summed E-state index contributed by atoms with van der Waals surface area (Å²) in [5, 5.41) is 6.64. The van der Waals surface area contributed by atoms with Gasteiger partial charge in [-0.15, -0.1) is 0 Å². The minimum Gasteiger partial charge on any atom is -0.353 e. The molecule has 1 saturated heterocycles. The lowest BCUT2D eigenvalue weighted by Gasteiger charge is -2.33. The van der Waals surface area contributed by atoms with Crippen molar-refractivity contribution in [1.29, 1.82) is 0 Å². The van der Waals surface area contributed by atoms with E-state index >= 15 is 0 Å². The van der Waals surface area contributed by atoms with E-state index in [4.69, 9.17) is 0 Å². The van der Waals surface area contributed by atoms with Gasteiger partial charge in [0.1, 0.15) is 0 Å². The maximum atomic E-state index is 12.1. The summed E-state index contributed by atoms with van der Waals surface area (Å²) in [5.74, 6) is 1.02. The van der Waals surface area contributed by atoms with E-state index in [0.29, 0.717) is 18.5 Å². The lowest BCUT2D eigenvalue weighted by atomic mass is 9.89. The fourth-order valence-electron chi connectivity index (χ4n) is 3.57. The maximum Gasteiger partial charge on any atom is 0.220 e. The normalized spacial score (nSPS) is 28.6. The van der Waals surface area contributed by atoms with Crippen LogP contribution in [0.2, 0.25) is 0 Å². The first kappa shape index (κ1) is 15.8. The average Bonchev–Trinajstić information content (AvgIpc) is 2.46. The number of nitrogens with one attached hydrogen (secondary N) is 2. The van der Waals surface area contributed by atoms with Gasteiger partial charge in [0, 0.05) is 18.5 Å². The molecule has 0 aromatic carbocycles. The van der Waals surface area contributed by atoms with Gasteiger partial charge < -0.3 is 15.5 Å². The van der Waals surface area contributed by atoms with Gasteiger partial charge >= 0.3 is 0 Å². The Morgan fingerprint density at radius 2 is 1.95 bits per heavy atom. The van der Waals surface area contributed by atoms with Gasteiger partial charge in [0.2, 0.25) is 5.91 Å². The first-order valence-corrected chi connectivity index (χ1v) is 8.31. The molecule has 2 atom stereocenters. The van der Waals surface area contributed by atoms with Gasteiger partial charge in [-0.25, -0.2) is 0 Å². The third-order valence-corrected chi connectivity index (χ3v) is 4.98. The van der Waals surface area contributed by atoms with Crippen LogP contribution in [0.15, 0.2) is 0 Å². The van der Waals surface area contributed by atoms with Crippen molar-refractivity contribution in [3.05, 3.63) is 0 Å². The SMILES string of the molecule is CN(C)C1CCCC(NC(=O)CCC2CCNCC2)C1. The lowest BCUT2D eigenvalue weighted by Crippen LogP contribution is -2.43. The number of amides is 1. The van der Waals surface area contributed by atoms with Crippen molar-refractivity contribution in [3.63, 3.8) is 0 Å². The van der Waals surface area contributed by atoms with Crippen LogP contribution in [0.3, 0.4) is 0 Å². The molecule has 0 bridgehead atoms. The molecule has 2 unspecified atom stereocenters. The molecule has 0 spiro atoms. The zero-order valence-electron chi connectivity index (χ0n) is 13.2. The Labute approximate surface area is 123 Å². The van der Waals surface area contributed by atoms with E-state index in [-0.39, 0.29) is 5.91 Å². The summed E-state index contributed by atoms with van der Waals surface area (Å²) in [5.41, 5.74) is 0. The number of rotatable bonds is 5. The third-order valence-electron chi connectivity index (χ3n) is 4.98. The summed E-state index contributed by atoms with van der Waals surface area (Å²) in [6, 6.07) is 1.04. The summed E-state index contributed by atoms with van der Waals surface area (Å²) in [6.45, 7) is 2.25. The van der Waals surface area contributed by atoms with Crippen LogP contribution in [0.1, 0.15) is 51.4 Å². The molecule has 2 N–H and O–H groups in total. The van der Waals surface area contributed by atoms with Gasteiger partial charge in [-0.05, 0) is 78.0 Å². The topological polar surface area (TPSA) is 44.4 Å². The molecule has 0 aromatic heterocycles. The predicted molar refractivity (Wildman–Crippen MR) is 82.7 cm³/mol. The number of hydrogen-bond acceptors (Lipinski definition) is 3. The fourth-order valence-corrected chi connectivity index (χ4v) is 3.57. The Morgan fingerprint density at radius 1 is 1.20 bits per heavy atom. The second kappa shape index (κ2) is 7.99. The molecule has 2 fully saturated rings. The molecule has 116 valence electrons. The fraction of sp³-hybridized carbons (Fsp3) is 0.938. The first-order valence-electron chi connectivity index (χ1n) is 8.31. The zero-order chi connectivity index (χ0) is 14.4. The van der Waals surface area contributed by atoms with Crippen molar-refractivity contribution in [2.24, 2.45) is 5.92 Å². The van der Waals surface area contributed by atoms with E-state index in [1.54, 1.807) is 0 Å². The van der Waals surface area contributed by atoms with Gasteiger partial charge in [0.15, 0.2) is 0 Å². The van der Waals surface area contributed by atoms with Crippen molar-refractivity contribution >= 4 is 5.91 Å². The van der Waals surface area contributed by atoms with Crippen LogP contribution in [-0.2, 0) is 4.79 Å². The quantitative estimate of drug-likeness (QED) is 0.807. The molecule has 2 rings (SSSR count). The molecule has 1 aliphatic heterocycles. The molecule has 2 aliphatic rings. The Kier molecular flexibility index (Phi) is 6.30. The van der Waals surface area contributed by atoms with Crippen molar-refractivity contribution in [2.45, 2.75) is 63.5 Å². The highest BCUT2D eigenvalue weighted by atomic mass is 16.1. The standard InChI is InChI=1S/C16H31N3O/c1-19(2)15-5-3-4-14(12-15)18-16(20)7-6-13-8-10-17-11-9-13/h13-15,17H,3-12H2,1-2H3,(H,18,20). The largest absolute Gasteiger partial charge is 0.353 e. The molecule has 1 amide bonds. The van der Waals surface area contributed by atoms with Crippen LogP contribution in [-0.4, -0.2) is 50.1 Å². The number of hydrogen-bond donors (Lipinski definition) is 2. The van der Waals surface area contributed by atoms with Gasteiger partial charge in [0.25, 0.3) is 0 Å². The Hall–Kier alpha value is -0.610. The van der Waals surface area contributed by atoms with E-state index in [9.17, 15) is 4.79 Å². The van der Waals surface area contributed by atoms with Crippen molar-refractivity contribution in [3.8, 4) is 0 Å². The summed E-state index contributed by atoms with van der Waals surface area (Å²) in [4.78, 5) is 14.4. The molecule has 4 nitrogen and oxygen atoms in total. The highest BCUT2D eigenvalue weighted by molar-refractivity contribution is 5.76. The molecule has 1 aliphatic carbocycles. The predicted octanol–water partition coefficient (Wildman–Crippen LogP) is 1.76. The van der Waals surface area contributed by atoms with Crippen molar-refractivity contribution in [1.82, 2.24) is 15.5 Å². The number of carbonyl (C=O) groups excluding carboxylic acids is 1. The molecular weight excluding hydrogens is 250 g/mol. The summed E-state index contributed by atoms with van der Waals surface area (Å²) >= 11 is 0. The van der Waals surface area contributed by atoms with Crippen LogP contribution < -0.4 is 10.6 Å². The Bertz CT molecular complexity index is 300. The van der Waals surface area contributed by atoms with Crippen LogP contribution >= 0.6 is 0 Å². The summed E-state index contributed by atoms with van der Waals surface area (Å²) in [7, 11) is 4.29. The zero-order valence-corrected chi connectivity index (χ0v) is 13.2. The monoisotopic (exact) mass is 281 g/mol. The number of piperidine rings is 1. The highest BCUT2D eigenvalue weighted by Gasteiger charge is 2.24. The molecule has 20 heavy (non-hydrogen) atoms. The smallest absolute Gasteiger partial charge is 0.220 e. The minimum absolute atomic E-state index is 0.271. The van der Waals surface area contributed by atoms with E-state index in [0.717, 1.165) is 38.3 Å². The van der Waals surface area contributed by atoms with Crippen molar-refractivity contribution < 1.29 is 4.79 Å². The van der Waals surface area contributed by atoms with E-state index < -0.39 is 0 Å². The second-order valence-electron chi connectivity index (χ2n) is 6.78. The Morgan fingerprint density at radius 3 is 2.65 bits per heavy atom. The average molecular weight is 281 g/mol. The lowest BCUT2D eigenvalue weighted by molar-refractivity contribution is -0.122. The Balaban J connectivity index is 1.65. The van der Waals surface area contributed by atoms with E-state index in [1.165, 1.54) is 25.7 Å². The summed E-state index contributed by atoms with van der Waals surface area (Å²) < 4.78 is 0. The molecule has 4 heteroatoms. The molecular formula is C16H31N3O. The van der Waals surface area contributed by atoms with E-state index in [2.05, 4.69) is 29.6 Å². The van der Waals surface area contributed by atoms with Crippen LogP contribution in [0, 0.1) is 5.92 Å². The van der Waals surface area contributed by atoms with Gasteiger partial charge in [0.05, 0.1) is 0 Å². The van der Waals surface area contributed by atoms with Crippen LogP contribution in [0.25, 0.3) is 0 Å². The third kappa shape index (κ3) is 5.06. The number of carbonyl (C=O) groups is 1. The van der Waals surface area contributed by atoms with Crippen LogP contribution in [0.5, 0.6) is 0 Å².